The summed E-state index contributed by atoms with van der Waals surface area (Å²) in [7, 11) is 3.16. The number of aromatic nitrogens is 1. The third-order valence-corrected chi connectivity index (χ3v) is 4.21. The first-order chi connectivity index (χ1) is 12.2. The predicted molar refractivity (Wildman–Crippen MR) is 114 cm³/mol. The molecule has 0 aliphatic carbocycles. The molecule has 2 aromatic heterocycles. The third kappa shape index (κ3) is 4.88. The number of nitrogens with one attached hydrogen (secondary N) is 1. The Bertz CT molecular complexity index is 865. The maximum absolute atomic E-state index is 5.93. The molecule has 0 fully saturated rings. The summed E-state index contributed by atoms with van der Waals surface area (Å²) >= 11 is 1.57. The molecule has 3 N–H and O–H groups in total. The zero-order valence-corrected chi connectivity index (χ0v) is 17.4. The molecule has 2 heterocycles. The van der Waals surface area contributed by atoms with Gasteiger partial charge in [-0.05, 0) is 23.6 Å². The number of halogens is 1. The number of hydrogen-bond donors (Lipinski definition) is 2. The third-order valence-electron chi connectivity index (χ3n) is 3.35. The number of benzene rings is 1. The van der Waals surface area contributed by atoms with Crippen molar-refractivity contribution in [3.63, 3.8) is 0 Å². The van der Waals surface area contributed by atoms with Gasteiger partial charge in [-0.25, -0.2) is 9.98 Å². The van der Waals surface area contributed by atoms with E-state index in [-0.39, 0.29) is 29.9 Å². The monoisotopic (exact) mass is 486 g/mol. The zero-order chi connectivity index (χ0) is 17.6. The first kappa shape index (κ1) is 20.0. The molecule has 0 unspecified atom stereocenters. The van der Waals surface area contributed by atoms with Crippen molar-refractivity contribution < 1.29 is 13.9 Å². The van der Waals surface area contributed by atoms with Crippen LogP contribution in [0.15, 0.2) is 51.4 Å². The lowest BCUT2D eigenvalue weighted by molar-refractivity contribution is 0.355. The van der Waals surface area contributed by atoms with Crippen molar-refractivity contribution in [2.45, 2.75) is 6.54 Å². The van der Waals surface area contributed by atoms with Crippen molar-refractivity contribution in [3.8, 4) is 22.3 Å². The van der Waals surface area contributed by atoms with Crippen LogP contribution in [-0.2, 0) is 6.54 Å². The van der Waals surface area contributed by atoms with E-state index in [0.29, 0.717) is 29.6 Å². The number of ether oxygens (including phenoxy) is 2. The van der Waals surface area contributed by atoms with Crippen LogP contribution in [0.25, 0.3) is 10.8 Å². The Morgan fingerprint density at radius 1 is 1.27 bits per heavy atom. The number of anilines is 1. The quantitative estimate of drug-likeness (QED) is 0.311. The molecule has 0 aliphatic heterocycles. The minimum Gasteiger partial charge on any atom is -0.493 e. The van der Waals surface area contributed by atoms with E-state index in [1.54, 1.807) is 44.0 Å². The molecule has 138 valence electrons. The number of oxazole rings is 1. The fourth-order valence-corrected chi connectivity index (χ4v) is 2.82. The molecular weight excluding hydrogens is 467 g/mol. The number of aliphatic imine (C=N–C) groups is 1. The van der Waals surface area contributed by atoms with E-state index >= 15 is 0 Å². The van der Waals surface area contributed by atoms with Crippen LogP contribution in [0.4, 0.5) is 5.69 Å². The summed E-state index contributed by atoms with van der Waals surface area (Å²) in [6.07, 6.45) is 1.59. The SMILES string of the molecule is COc1ccc(NC(N)=NCc2coc(-c3cccs3)n2)cc1OC.I. The van der Waals surface area contributed by atoms with Gasteiger partial charge in [-0.15, -0.1) is 35.3 Å². The number of rotatable bonds is 6. The Morgan fingerprint density at radius 2 is 2.08 bits per heavy atom. The molecule has 0 saturated heterocycles. The molecule has 0 saturated carbocycles. The largest absolute Gasteiger partial charge is 0.493 e. The van der Waals surface area contributed by atoms with Crippen LogP contribution >= 0.6 is 35.3 Å². The lowest BCUT2D eigenvalue weighted by Gasteiger charge is -2.10. The van der Waals surface area contributed by atoms with E-state index in [0.717, 1.165) is 10.6 Å². The zero-order valence-electron chi connectivity index (χ0n) is 14.3. The topological polar surface area (TPSA) is 94.9 Å². The van der Waals surface area contributed by atoms with Gasteiger partial charge in [0.25, 0.3) is 0 Å². The highest BCUT2D eigenvalue weighted by Gasteiger charge is 2.08. The normalized spacial score (nSPS) is 10.9. The van der Waals surface area contributed by atoms with Gasteiger partial charge in [0.05, 0.1) is 25.6 Å². The summed E-state index contributed by atoms with van der Waals surface area (Å²) in [6.45, 7) is 0.320. The standard InChI is InChI=1S/C17H18N4O3S.HI/c1-22-13-6-5-11(8-14(13)23-2)21-17(18)19-9-12-10-24-16(20-12)15-4-3-7-25-15;/h3-8,10H,9H2,1-2H3,(H3,18,19,21);1H. The van der Waals surface area contributed by atoms with E-state index < -0.39 is 0 Å². The Kier molecular flexibility index (Phi) is 7.27. The Balaban J connectivity index is 0.00000243. The van der Waals surface area contributed by atoms with E-state index in [4.69, 9.17) is 19.6 Å². The van der Waals surface area contributed by atoms with Gasteiger partial charge in [0, 0.05) is 11.8 Å². The molecule has 0 aliphatic rings. The van der Waals surface area contributed by atoms with Gasteiger partial charge in [0.1, 0.15) is 12.0 Å². The summed E-state index contributed by atoms with van der Waals surface area (Å²) < 4.78 is 15.9. The maximum Gasteiger partial charge on any atom is 0.236 e. The van der Waals surface area contributed by atoms with Crippen LogP contribution in [0.3, 0.4) is 0 Å². The second kappa shape index (κ2) is 9.43. The van der Waals surface area contributed by atoms with Crippen molar-refractivity contribution >= 4 is 47.0 Å². The minimum absolute atomic E-state index is 0. The molecule has 3 rings (SSSR count). The molecule has 3 aromatic rings. The first-order valence-corrected chi connectivity index (χ1v) is 8.35. The first-order valence-electron chi connectivity index (χ1n) is 7.47. The fraction of sp³-hybridized carbons (Fsp3) is 0.176. The van der Waals surface area contributed by atoms with Crippen molar-refractivity contribution in [1.82, 2.24) is 4.98 Å². The minimum atomic E-state index is 0. The van der Waals surface area contributed by atoms with Gasteiger partial charge in [-0.2, -0.15) is 0 Å². The smallest absolute Gasteiger partial charge is 0.236 e. The molecule has 0 radical (unpaired) electrons. The average Bonchev–Trinajstić information content (AvgIpc) is 3.31. The lowest BCUT2D eigenvalue weighted by Crippen LogP contribution is -2.22. The number of thiophene rings is 1. The summed E-state index contributed by atoms with van der Waals surface area (Å²) in [5.41, 5.74) is 7.38. The molecule has 9 heteroatoms. The van der Waals surface area contributed by atoms with E-state index in [9.17, 15) is 0 Å². The Labute approximate surface area is 172 Å². The van der Waals surface area contributed by atoms with Crippen LogP contribution < -0.4 is 20.5 Å². The van der Waals surface area contributed by atoms with E-state index in [2.05, 4.69) is 15.3 Å². The molecule has 26 heavy (non-hydrogen) atoms. The number of nitrogens with zero attached hydrogens (tertiary/aromatic N) is 2. The second-order valence-electron chi connectivity index (χ2n) is 5.02. The highest BCUT2D eigenvalue weighted by atomic mass is 127. The highest BCUT2D eigenvalue weighted by molar-refractivity contribution is 14.0. The van der Waals surface area contributed by atoms with E-state index in [1.165, 1.54) is 0 Å². The van der Waals surface area contributed by atoms with E-state index in [1.807, 2.05) is 23.6 Å². The van der Waals surface area contributed by atoms with Crippen LogP contribution in [0.2, 0.25) is 0 Å². The number of hydrogen-bond acceptors (Lipinski definition) is 6. The number of guanidine groups is 1. The van der Waals surface area contributed by atoms with Gasteiger partial charge in [-0.1, -0.05) is 6.07 Å². The molecular formula is C17H19IN4O3S. The maximum atomic E-state index is 5.93. The summed E-state index contributed by atoms with van der Waals surface area (Å²) in [5.74, 6) is 2.11. The fourth-order valence-electron chi connectivity index (χ4n) is 2.16. The van der Waals surface area contributed by atoms with Crippen molar-refractivity contribution in [3.05, 3.63) is 47.7 Å². The van der Waals surface area contributed by atoms with Gasteiger partial charge in [0.15, 0.2) is 17.5 Å². The van der Waals surface area contributed by atoms with Gasteiger partial charge in [0.2, 0.25) is 5.89 Å². The molecule has 0 spiro atoms. The van der Waals surface area contributed by atoms with Gasteiger partial charge >= 0.3 is 0 Å². The summed E-state index contributed by atoms with van der Waals surface area (Å²) in [6, 6.07) is 9.31. The number of methoxy groups -OCH3 is 2. The van der Waals surface area contributed by atoms with Crippen molar-refractivity contribution in [1.29, 1.82) is 0 Å². The van der Waals surface area contributed by atoms with Crippen molar-refractivity contribution in [2.24, 2.45) is 10.7 Å². The lowest BCUT2D eigenvalue weighted by atomic mass is 10.3. The Morgan fingerprint density at radius 3 is 2.77 bits per heavy atom. The molecule has 0 bridgehead atoms. The molecule has 0 amide bonds. The molecule has 7 nitrogen and oxygen atoms in total. The van der Waals surface area contributed by atoms with Gasteiger partial charge in [-0.3, -0.25) is 0 Å². The predicted octanol–water partition coefficient (Wildman–Crippen LogP) is 3.97. The van der Waals surface area contributed by atoms with Crippen LogP contribution in [0, 0.1) is 0 Å². The average molecular weight is 486 g/mol. The molecule has 1 aromatic carbocycles. The summed E-state index contributed by atoms with van der Waals surface area (Å²) in [5, 5.41) is 4.98. The second-order valence-corrected chi connectivity index (χ2v) is 5.97. The van der Waals surface area contributed by atoms with Crippen LogP contribution in [-0.4, -0.2) is 25.2 Å². The number of nitrogens with two attached hydrogens (primary N) is 1. The Hall–Kier alpha value is -2.27. The van der Waals surface area contributed by atoms with Crippen LogP contribution in [0.5, 0.6) is 11.5 Å². The van der Waals surface area contributed by atoms with Gasteiger partial charge < -0.3 is 24.9 Å². The highest BCUT2D eigenvalue weighted by Crippen LogP contribution is 2.29. The van der Waals surface area contributed by atoms with Crippen molar-refractivity contribution in [2.75, 3.05) is 19.5 Å². The summed E-state index contributed by atoms with van der Waals surface area (Å²) in [4.78, 5) is 9.65. The molecule has 0 atom stereocenters. The van der Waals surface area contributed by atoms with Crippen LogP contribution in [0.1, 0.15) is 5.69 Å².